The minimum Gasteiger partial charge on any atom is -0.485 e. The van der Waals surface area contributed by atoms with Crippen LogP contribution >= 0.6 is 0 Å². The summed E-state index contributed by atoms with van der Waals surface area (Å²) in [4.78, 5) is 31.2. The molecule has 0 aliphatic carbocycles. The summed E-state index contributed by atoms with van der Waals surface area (Å²) in [6, 6.07) is 9.53. The third kappa shape index (κ3) is 4.29. The van der Waals surface area contributed by atoms with Crippen LogP contribution < -0.4 is 19.3 Å². The van der Waals surface area contributed by atoms with Gasteiger partial charge in [0.2, 0.25) is 12.1 Å². The first-order chi connectivity index (χ1) is 15.6. The molecule has 1 aromatic carbocycles. The van der Waals surface area contributed by atoms with E-state index < -0.39 is 6.10 Å². The van der Waals surface area contributed by atoms with Gasteiger partial charge >= 0.3 is 0 Å². The predicted molar refractivity (Wildman–Crippen MR) is 122 cm³/mol. The summed E-state index contributed by atoms with van der Waals surface area (Å²) in [5, 5.41) is 0. The van der Waals surface area contributed by atoms with Gasteiger partial charge in [-0.05, 0) is 26.1 Å². The van der Waals surface area contributed by atoms with Crippen LogP contribution in [0.4, 0.5) is 11.8 Å². The molecule has 0 radical (unpaired) electrons. The number of hydrogen-bond donors (Lipinski definition) is 0. The number of fused-ring (bicyclic) bond motifs is 1. The number of benzene rings is 1. The van der Waals surface area contributed by atoms with Crippen LogP contribution in [0.15, 0.2) is 30.3 Å². The Balaban J connectivity index is 1.21. The van der Waals surface area contributed by atoms with Crippen LogP contribution in [0.3, 0.4) is 0 Å². The Morgan fingerprint density at radius 3 is 2.38 bits per heavy atom. The van der Waals surface area contributed by atoms with Crippen LogP contribution in [0.2, 0.25) is 0 Å². The predicted octanol–water partition coefficient (Wildman–Crippen LogP) is 1.03. The van der Waals surface area contributed by atoms with E-state index in [1.807, 2.05) is 36.1 Å². The number of anilines is 2. The Bertz CT molecular complexity index is 970. The van der Waals surface area contributed by atoms with Crippen LogP contribution in [-0.4, -0.2) is 97.8 Å². The second-order valence-corrected chi connectivity index (χ2v) is 8.63. The standard InChI is InChI=1S/C23H30N6O3/c1-17-15-21(27-9-7-26(2)8-10-27)25-23(24-17)29-13-11-28(12-14-29)22(30)20-16-31-18-5-3-4-6-19(18)32-20/h3-6,15,20H,7-14,16H2,1-2H3. The van der Waals surface area contributed by atoms with Gasteiger partial charge in [0.1, 0.15) is 12.4 Å². The molecule has 1 unspecified atom stereocenters. The van der Waals surface area contributed by atoms with Gasteiger partial charge in [0.05, 0.1) is 0 Å². The lowest BCUT2D eigenvalue weighted by Gasteiger charge is -2.38. The molecule has 0 spiro atoms. The zero-order chi connectivity index (χ0) is 22.1. The fraction of sp³-hybridized carbons (Fsp3) is 0.522. The molecule has 0 N–H and O–H groups in total. The average Bonchev–Trinajstić information content (AvgIpc) is 2.83. The van der Waals surface area contributed by atoms with Crippen molar-refractivity contribution in [2.75, 3.05) is 75.8 Å². The van der Waals surface area contributed by atoms with Gasteiger partial charge in [-0.15, -0.1) is 0 Å². The zero-order valence-corrected chi connectivity index (χ0v) is 18.7. The number of amides is 1. The van der Waals surface area contributed by atoms with Crippen LogP contribution in [-0.2, 0) is 4.79 Å². The third-order valence-corrected chi connectivity index (χ3v) is 6.31. The lowest BCUT2D eigenvalue weighted by Crippen LogP contribution is -2.54. The molecule has 32 heavy (non-hydrogen) atoms. The number of rotatable bonds is 3. The number of likely N-dealkylation sites (N-methyl/N-ethyl adjacent to an activating group) is 1. The molecule has 1 atom stereocenters. The van der Waals surface area contributed by atoms with Gasteiger partial charge < -0.3 is 29.1 Å². The number of nitrogens with zero attached hydrogens (tertiary/aromatic N) is 6. The summed E-state index contributed by atoms with van der Waals surface area (Å²) in [5.41, 5.74) is 0.967. The molecule has 1 amide bonds. The molecule has 170 valence electrons. The van der Waals surface area contributed by atoms with Crippen LogP contribution in [0, 0.1) is 6.92 Å². The van der Waals surface area contributed by atoms with E-state index in [2.05, 4.69) is 32.8 Å². The highest BCUT2D eigenvalue weighted by Gasteiger charge is 2.33. The second-order valence-electron chi connectivity index (χ2n) is 8.63. The van der Waals surface area contributed by atoms with Gasteiger partial charge in [-0.25, -0.2) is 4.98 Å². The van der Waals surface area contributed by atoms with Crippen LogP contribution in [0.25, 0.3) is 0 Å². The van der Waals surface area contributed by atoms with Crippen LogP contribution in [0.5, 0.6) is 11.5 Å². The highest BCUT2D eigenvalue weighted by Crippen LogP contribution is 2.31. The Kier molecular flexibility index (Phi) is 5.73. The minimum atomic E-state index is -0.601. The SMILES string of the molecule is Cc1cc(N2CCN(C)CC2)nc(N2CCN(C(=O)C3COc4ccccc4O3)CC2)n1. The van der Waals surface area contributed by atoms with Gasteiger partial charge in [-0.3, -0.25) is 4.79 Å². The summed E-state index contributed by atoms with van der Waals surface area (Å²) >= 11 is 0. The van der Waals surface area contributed by atoms with Crippen molar-refractivity contribution < 1.29 is 14.3 Å². The van der Waals surface area contributed by atoms with E-state index in [1.165, 1.54) is 0 Å². The smallest absolute Gasteiger partial charge is 0.267 e. The Morgan fingerprint density at radius 2 is 1.62 bits per heavy atom. The van der Waals surface area contributed by atoms with Crippen molar-refractivity contribution in [3.05, 3.63) is 36.0 Å². The first-order valence-electron chi connectivity index (χ1n) is 11.3. The maximum atomic E-state index is 13.0. The monoisotopic (exact) mass is 438 g/mol. The van der Waals surface area contributed by atoms with Crippen LogP contribution in [0.1, 0.15) is 5.69 Å². The molecular formula is C23H30N6O3. The van der Waals surface area contributed by atoms with Crippen molar-refractivity contribution in [2.24, 2.45) is 0 Å². The Labute approximate surface area is 188 Å². The Hall–Kier alpha value is -3.07. The maximum absolute atomic E-state index is 13.0. The summed E-state index contributed by atoms with van der Waals surface area (Å²) in [5.74, 6) is 3.03. The average molecular weight is 439 g/mol. The number of carbonyl (C=O) groups excluding carboxylic acids is 1. The molecule has 0 bridgehead atoms. The van der Waals surface area contributed by atoms with Crippen molar-refractivity contribution in [1.29, 1.82) is 0 Å². The van der Waals surface area contributed by atoms with Crippen molar-refractivity contribution in [2.45, 2.75) is 13.0 Å². The summed E-state index contributed by atoms with van der Waals surface area (Å²) in [7, 11) is 2.15. The summed E-state index contributed by atoms with van der Waals surface area (Å²) in [6.07, 6.45) is -0.601. The molecule has 5 rings (SSSR count). The molecule has 3 aliphatic heterocycles. The van der Waals surface area contributed by atoms with Crippen molar-refractivity contribution in [3.63, 3.8) is 0 Å². The van der Waals surface area contributed by atoms with Crippen molar-refractivity contribution in [1.82, 2.24) is 19.8 Å². The Morgan fingerprint density at radius 1 is 0.938 bits per heavy atom. The number of aromatic nitrogens is 2. The van der Waals surface area contributed by atoms with Crippen molar-refractivity contribution in [3.8, 4) is 11.5 Å². The number of aryl methyl sites for hydroxylation is 1. The molecule has 0 saturated carbocycles. The first-order valence-corrected chi connectivity index (χ1v) is 11.3. The molecule has 2 aromatic rings. The lowest BCUT2D eigenvalue weighted by molar-refractivity contribution is -0.141. The molecule has 3 aliphatic rings. The number of carbonyl (C=O) groups is 1. The number of piperazine rings is 2. The van der Waals surface area contributed by atoms with E-state index in [-0.39, 0.29) is 12.5 Å². The molecule has 4 heterocycles. The van der Waals surface area contributed by atoms with Gasteiger partial charge in [-0.2, -0.15) is 4.98 Å². The quantitative estimate of drug-likeness (QED) is 0.704. The van der Waals surface area contributed by atoms with Gasteiger partial charge in [0.25, 0.3) is 5.91 Å². The number of ether oxygens (including phenoxy) is 2. The molecule has 1 aromatic heterocycles. The topological polar surface area (TPSA) is 74.3 Å². The molecule has 2 fully saturated rings. The zero-order valence-electron chi connectivity index (χ0n) is 18.7. The highest BCUT2D eigenvalue weighted by atomic mass is 16.6. The normalized spacial score (nSPS) is 21.6. The fourth-order valence-corrected chi connectivity index (χ4v) is 4.35. The summed E-state index contributed by atoms with van der Waals surface area (Å²) in [6.45, 7) is 8.90. The number of hydrogen-bond acceptors (Lipinski definition) is 8. The van der Waals surface area contributed by atoms with Gasteiger partial charge in [-0.1, -0.05) is 12.1 Å². The minimum absolute atomic E-state index is 0.0255. The van der Waals surface area contributed by atoms with E-state index in [1.54, 1.807) is 0 Å². The van der Waals surface area contributed by atoms with Gasteiger partial charge in [0, 0.05) is 64.1 Å². The van der Waals surface area contributed by atoms with E-state index in [0.717, 1.165) is 43.6 Å². The van der Waals surface area contributed by atoms with Gasteiger partial charge in [0.15, 0.2) is 11.5 Å². The van der Waals surface area contributed by atoms with E-state index >= 15 is 0 Å². The largest absolute Gasteiger partial charge is 0.485 e. The third-order valence-electron chi connectivity index (χ3n) is 6.31. The second kappa shape index (κ2) is 8.82. The first kappa shape index (κ1) is 20.8. The van der Waals surface area contributed by atoms with E-state index in [4.69, 9.17) is 14.5 Å². The summed E-state index contributed by atoms with van der Waals surface area (Å²) < 4.78 is 11.6. The maximum Gasteiger partial charge on any atom is 0.267 e. The molecule has 9 nitrogen and oxygen atoms in total. The number of para-hydroxylation sites is 2. The van der Waals surface area contributed by atoms with E-state index in [9.17, 15) is 4.79 Å². The molecule has 9 heteroatoms. The molecule has 2 saturated heterocycles. The lowest BCUT2D eigenvalue weighted by atomic mass is 10.2. The molecular weight excluding hydrogens is 408 g/mol. The van der Waals surface area contributed by atoms with E-state index in [0.29, 0.717) is 37.7 Å². The van der Waals surface area contributed by atoms with Crippen molar-refractivity contribution >= 4 is 17.7 Å². The highest BCUT2D eigenvalue weighted by molar-refractivity contribution is 5.82. The fourth-order valence-electron chi connectivity index (χ4n) is 4.35.